The van der Waals surface area contributed by atoms with E-state index in [1.165, 1.54) is 5.56 Å². The zero-order chi connectivity index (χ0) is 17.0. The van der Waals surface area contributed by atoms with E-state index in [4.69, 9.17) is 0 Å². The zero-order valence-corrected chi connectivity index (χ0v) is 14.6. The summed E-state index contributed by atoms with van der Waals surface area (Å²) < 4.78 is 0. The van der Waals surface area contributed by atoms with E-state index in [2.05, 4.69) is 25.2 Å². The highest BCUT2D eigenvalue weighted by Crippen LogP contribution is 2.28. The summed E-state index contributed by atoms with van der Waals surface area (Å²) in [5.41, 5.74) is 2.20. The van der Waals surface area contributed by atoms with Crippen molar-refractivity contribution < 1.29 is 9.59 Å². The third-order valence-corrected chi connectivity index (χ3v) is 4.09. The molecule has 126 valence electrons. The lowest BCUT2D eigenvalue weighted by Gasteiger charge is -2.26. The van der Waals surface area contributed by atoms with Crippen LogP contribution in [0.5, 0.6) is 0 Å². The van der Waals surface area contributed by atoms with Crippen molar-refractivity contribution in [3.8, 4) is 0 Å². The van der Waals surface area contributed by atoms with Gasteiger partial charge in [-0.25, -0.2) is 0 Å². The van der Waals surface area contributed by atoms with Gasteiger partial charge in [-0.2, -0.15) is 0 Å². The maximum atomic E-state index is 13.0. The van der Waals surface area contributed by atoms with E-state index in [9.17, 15) is 9.59 Å². The predicted molar refractivity (Wildman–Crippen MR) is 93.3 cm³/mol. The Bertz CT molecular complexity index is 566. The number of nitrogens with one attached hydrogen (secondary N) is 1. The van der Waals surface area contributed by atoms with Crippen LogP contribution in [0.25, 0.3) is 0 Å². The van der Waals surface area contributed by atoms with Gasteiger partial charge in [0.25, 0.3) is 0 Å². The van der Waals surface area contributed by atoms with Crippen molar-refractivity contribution in [1.82, 2.24) is 5.32 Å². The monoisotopic (exact) mass is 316 g/mol. The summed E-state index contributed by atoms with van der Waals surface area (Å²) in [7, 11) is 0. The zero-order valence-electron chi connectivity index (χ0n) is 14.6. The van der Waals surface area contributed by atoms with Gasteiger partial charge < -0.3 is 10.2 Å². The molecular formula is C19H28N2O2. The maximum Gasteiger partial charge on any atom is 0.249 e. The van der Waals surface area contributed by atoms with Crippen LogP contribution in [0.4, 0.5) is 5.69 Å². The standard InChI is InChI=1S/C19H28N2O2/c1-13(2)11-16(20-18(22)12-14(3)4)19(23)21-10-9-15-7-5-6-8-17(15)21/h5-8,13-14,16H,9-12H2,1-4H3,(H,20,22)/t16-/m0/s1. The van der Waals surface area contributed by atoms with Crippen molar-refractivity contribution >= 4 is 17.5 Å². The van der Waals surface area contributed by atoms with Gasteiger partial charge in [-0.05, 0) is 36.3 Å². The minimum atomic E-state index is -0.438. The van der Waals surface area contributed by atoms with Crippen LogP contribution in [0.15, 0.2) is 24.3 Å². The molecule has 1 heterocycles. The van der Waals surface area contributed by atoms with Crippen LogP contribution in [-0.2, 0) is 16.0 Å². The summed E-state index contributed by atoms with van der Waals surface area (Å²) in [4.78, 5) is 26.9. The molecule has 1 aliphatic heterocycles. The molecule has 0 fully saturated rings. The fourth-order valence-corrected chi connectivity index (χ4v) is 3.07. The molecular weight excluding hydrogens is 288 g/mol. The van der Waals surface area contributed by atoms with Crippen LogP contribution in [0.3, 0.4) is 0 Å². The van der Waals surface area contributed by atoms with Gasteiger partial charge in [0.15, 0.2) is 0 Å². The number of nitrogens with zero attached hydrogens (tertiary/aromatic N) is 1. The Kier molecular flexibility index (Phi) is 5.80. The fraction of sp³-hybridized carbons (Fsp3) is 0.579. The van der Waals surface area contributed by atoms with E-state index in [-0.39, 0.29) is 17.7 Å². The van der Waals surface area contributed by atoms with E-state index in [0.29, 0.717) is 25.3 Å². The number of carbonyl (C=O) groups is 2. The minimum Gasteiger partial charge on any atom is -0.344 e. The number of carbonyl (C=O) groups excluding carboxylic acids is 2. The molecule has 4 heteroatoms. The van der Waals surface area contributed by atoms with E-state index >= 15 is 0 Å². The largest absolute Gasteiger partial charge is 0.344 e. The quantitative estimate of drug-likeness (QED) is 0.876. The predicted octanol–water partition coefficient (Wildman–Crippen LogP) is 3.15. The molecule has 1 atom stereocenters. The lowest BCUT2D eigenvalue weighted by molar-refractivity contribution is -0.128. The molecule has 1 aliphatic rings. The van der Waals surface area contributed by atoms with Gasteiger partial charge in [0.1, 0.15) is 6.04 Å². The molecule has 1 aromatic rings. The minimum absolute atomic E-state index is 0.0146. The summed E-state index contributed by atoms with van der Waals surface area (Å²) in [6, 6.07) is 7.58. The van der Waals surface area contributed by atoms with Crippen molar-refractivity contribution in [3.05, 3.63) is 29.8 Å². The van der Waals surface area contributed by atoms with Gasteiger partial charge >= 0.3 is 0 Å². The number of hydrogen-bond acceptors (Lipinski definition) is 2. The first-order chi connectivity index (χ1) is 10.9. The first kappa shape index (κ1) is 17.5. The molecule has 0 aliphatic carbocycles. The Morgan fingerprint density at radius 1 is 1.13 bits per heavy atom. The Balaban J connectivity index is 2.12. The Morgan fingerprint density at radius 2 is 1.83 bits per heavy atom. The summed E-state index contributed by atoms with van der Waals surface area (Å²) in [6.07, 6.45) is 2.01. The highest BCUT2D eigenvalue weighted by atomic mass is 16.2. The summed E-state index contributed by atoms with van der Waals surface area (Å²) >= 11 is 0. The average Bonchev–Trinajstić information content (AvgIpc) is 2.88. The number of amides is 2. The molecule has 23 heavy (non-hydrogen) atoms. The second-order valence-electron chi connectivity index (χ2n) is 7.22. The second kappa shape index (κ2) is 7.62. The Hall–Kier alpha value is -1.84. The third kappa shape index (κ3) is 4.57. The second-order valence-corrected chi connectivity index (χ2v) is 7.22. The molecule has 2 amide bonds. The molecule has 2 rings (SSSR count). The lowest BCUT2D eigenvalue weighted by Crippen LogP contribution is -2.49. The van der Waals surface area contributed by atoms with Crippen molar-refractivity contribution in [2.24, 2.45) is 11.8 Å². The lowest BCUT2D eigenvalue weighted by atomic mass is 10.0. The van der Waals surface area contributed by atoms with Crippen molar-refractivity contribution in [2.75, 3.05) is 11.4 Å². The molecule has 4 nitrogen and oxygen atoms in total. The summed E-state index contributed by atoms with van der Waals surface area (Å²) in [6.45, 7) is 8.87. The van der Waals surface area contributed by atoms with Crippen molar-refractivity contribution in [2.45, 2.75) is 53.0 Å². The van der Waals surface area contributed by atoms with Crippen LogP contribution in [-0.4, -0.2) is 24.4 Å². The highest BCUT2D eigenvalue weighted by molar-refractivity contribution is 6.00. The van der Waals surface area contributed by atoms with Crippen LogP contribution in [0.2, 0.25) is 0 Å². The molecule has 0 saturated carbocycles. The van der Waals surface area contributed by atoms with Gasteiger partial charge in [-0.1, -0.05) is 45.9 Å². The van der Waals surface area contributed by atoms with E-state index in [1.807, 2.05) is 36.9 Å². The highest BCUT2D eigenvalue weighted by Gasteiger charge is 2.31. The van der Waals surface area contributed by atoms with E-state index in [0.717, 1.165) is 12.1 Å². The number of rotatable bonds is 6. The molecule has 0 bridgehead atoms. The fourth-order valence-electron chi connectivity index (χ4n) is 3.07. The van der Waals surface area contributed by atoms with Gasteiger partial charge in [0.2, 0.25) is 11.8 Å². The van der Waals surface area contributed by atoms with Crippen LogP contribution >= 0.6 is 0 Å². The SMILES string of the molecule is CC(C)CC(=O)N[C@@H](CC(C)C)C(=O)N1CCc2ccccc21. The summed E-state index contributed by atoms with van der Waals surface area (Å²) in [5.74, 6) is 0.616. The van der Waals surface area contributed by atoms with Crippen LogP contribution in [0.1, 0.15) is 46.1 Å². The molecule has 1 aromatic carbocycles. The number of benzene rings is 1. The summed E-state index contributed by atoms with van der Waals surface area (Å²) in [5, 5.41) is 2.96. The molecule has 0 unspecified atom stereocenters. The van der Waals surface area contributed by atoms with Gasteiger partial charge in [0, 0.05) is 18.7 Å². The van der Waals surface area contributed by atoms with E-state index < -0.39 is 6.04 Å². The smallest absolute Gasteiger partial charge is 0.249 e. The first-order valence-corrected chi connectivity index (χ1v) is 8.57. The van der Waals surface area contributed by atoms with Gasteiger partial charge in [0.05, 0.1) is 0 Å². The van der Waals surface area contributed by atoms with Crippen molar-refractivity contribution in [3.63, 3.8) is 0 Å². The van der Waals surface area contributed by atoms with Gasteiger partial charge in [-0.3, -0.25) is 9.59 Å². The Morgan fingerprint density at radius 3 is 2.48 bits per heavy atom. The normalized spacial score (nSPS) is 15.0. The Labute approximate surface area is 139 Å². The van der Waals surface area contributed by atoms with Crippen molar-refractivity contribution in [1.29, 1.82) is 0 Å². The topological polar surface area (TPSA) is 49.4 Å². The third-order valence-electron chi connectivity index (χ3n) is 4.09. The van der Waals surface area contributed by atoms with E-state index in [1.54, 1.807) is 0 Å². The van der Waals surface area contributed by atoms with Crippen LogP contribution in [0, 0.1) is 11.8 Å². The number of anilines is 1. The molecule has 0 aromatic heterocycles. The maximum absolute atomic E-state index is 13.0. The van der Waals surface area contributed by atoms with Crippen LogP contribution < -0.4 is 10.2 Å². The number of para-hydroxylation sites is 1. The number of hydrogen-bond donors (Lipinski definition) is 1. The van der Waals surface area contributed by atoms with Gasteiger partial charge in [-0.15, -0.1) is 0 Å². The molecule has 1 N–H and O–H groups in total. The number of fused-ring (bicyclic) bond motifs is 1. The average molecular weight is 316 g/mol. The molecule has 0 saturated heterocycles. The first-order valence-electron chi connectivity index (χ1n) is 8.57. The molecule has 0 spiro atoms. The molecule has 0 radical (unpaired) electrons.